The zero-order valence-corrected chi connectivity index (χ0v) is 12.7. The third-order valence-corrected chi connectivity index (χ3v) is 3.19. The van der Waals surface area contributed by atoms with E-state index in [2.05, 4.69) is 20.9 Å². The van der Waals surface area contributed by atoms with E-state index in [1.165, 1.54) is 0 Å². The van der Waals surface area contributed by atoms with Crippen molar-refractivity contribution in [2.24, 2.45) is 0 Å². The molecular formula is C17H12BrNO2. The molecule has 0 amide bonds. The molecule has 0 radical (unpaired) electrons. The molecule has 2 aromatic carbocycles. The average molecular weight is 342 g/mol. The van der Waals surface area contributed by atoms with E-state index in [0.717, 1.165) is 10.2 Å². The topological polar surface area (TPSA) is 31.4 Å². The quantitative estimate of drug-likeness (QED) is 0.634. The van der Waals surface area contributed by atoms with Crippen LogP contribution in [0.3, 0.4) is 0 Å². The number of hydrogen-bond acceptors (Lipinski definition) is 3. The lowest BCUT2D eigenvalue weighted by Gasteiger charge is -2.08. The van der Waals surface area contributed by atoms with Gasteiger partial charge in [-0.25, -0.2) is 4.98 Å². The first-order valence-corrected chi connectivity index (χ1v) is 7.21. The van der Waals surface area contributed by atoms with Crippen molar-refractivity contribution in [3.05, 3.63) is 77.4 Å². The van der Waals surface area contributed by atoms with Crippen LogP contribution in [0.2, 0.25) is 0 Å². The Labute approximate surface area is 131 Å². The fraction of sp³-hybridized carbons (Fsp3) is 0. The van der Waals surface area contributed by atoms with Gasteiger partial charge in [-0.1, -0.05) is 34.1 Å². The Morgan fingerprint density at radius 3 is 2.14 bits per heavy atom. The molecule has 4 heteroatoms. The van der Waals surface area contributed by atoms with E-state index in [4.69, 9.17) is 9.47 Å². The number of benzene rings is 2. The van der Waals surface area contributed by atoms with E-state index >= 15 is 0 Å². The Hall–Kier alpha value is -2.33. The molecular weight excluding hydrogens is 330 g/mol. The summed E-state index contributed by atoms with van der Waals surface area (Å²) in [6, 6.07) is 20.7. The second kappa shape index (κ2) is 6.41. The van der Waals surface area contributed by atoms with E-state index in [9.17, 15) is 0 Å². The van der Waals surface area contributed by atoms with Crippen LogP contribution in [-0.4, -0.2) is 4.98 Å². The third-order valence-electron chi connectivity index (χ3n) is 2.70. The molecule has 0 aliphatic rings. The zero-order chi connectivity index (χ0) is 14.5. The standard InChI is InChI=1S/C17H12BrNO2/c18-13-5-3-6-14(11-13)20-15-7-4-8-16(12-15)21-17-9-1-2-10-19-17/h1-12H. The van der Waals surface area contributed by atoms with Crippen LogP contribution in [0.4, 0.5) is 0 Å². The molecule has 3 rings (SSSR count). The van der Waals surface area contributed by atoms with Crippen molar-refractivity contribution in [3.8, 4) is 23.1 Å². The molecule has 0 aliphatic heterocycles. The number of hydrogen-bond donors (Lipinski definition) is 0. The minimum Gasteiger partial charge on any atom is -0.457 e. The summed E-state index contributed by atoms with van der Waals surface area (Å²) in [5.41, 5.74) is 0. The minimum atomic E-state index is 0.553. The van der Waals surface area contributed by atoms with Crippen LogP contribution in [0.5, 0.6) is 23.1 Å². The summed E-state index contributed by atoms with van der Waals surface area (Å²) in [5.74, 6) is 2.71. The number of pyridine rings is 1. The van der Waals surface area contributed by atoms with Gasteiger partial charge in [0.05, 0.1) is 0 Å². The first-order valence-electron chi connectivity index (χ1n) is 6.42. The largest absolute Gasteiger partial charge is 0.457 e. The molecule has 0 bridgehead atoms. The van der Waals surface area contributed by atoms with E-state index in [-0.39, 0.29) is 0 Å². The van der Waals surface area contributed by atoms with Crippen LogP contribution in [-0.2, 0) is 0 Å². The summed E-state index contributed by atoms with van der Waals surface area (Å²) >= 11 is 3.42. The first-order chi connectivity index (χ1) is 10.3. The van der Waals surface area contributed by atoms with Gasteiger partial charge in [-0.2, -0.15) is 0 Å². The van der Waals surface area contributed by atoms with Crippen molar-refractivity contribution >= 4 is 15.9 Å². The van der Waals surface area contributed by atoms with Crippen LogP contribution < -0.4 is 9.47 Å². The minimum absolute atomic E-state index is 0.553. The monoisotopic (exact) mass is 341 g/mol. The summed E-state index contributed by atoms with van der Waals surface area (Å²) in [7, 11) is 0. The van der Waals surface area contributed by atoms with Gasteiger partial charge in [0, 0.05) is 22.8 Å². The lowest BCUT2D eigenvalue weighted by Crippen LogP contribution is -1.88. The highest BCUT2D eigenvalue weighted by Gasteiger charge is 2.02. The number of aromatic nitrogens is 1. The highest BCUT2D eigenvalue weighted by molar-refractivity contribution is 9.10. The Morgan fingerprint density at radius 1 is 0.714 bits per heavy atom. The van der Waals surface area contributed by atoms with Gasteiger partial charge in [0.1, 0.15) is 17.2 Å². The predicted molar refractivity (Wildman–Crippen MR) is 85.0 cm³/mol. The molecule has 0 fully saturated rings. The second-order valence-electron chi connectivity index (χ2n) is 4.30. The molecule has 3 aromatic rings. The van der Waals surface area contributed by atoms with Crippen molar-refractivity contribution in [3.63, 3.8) is 0 Å². The summed E-state index contributed by atoms with van der Waals surface area (Å²) in [6.07, 6.45) is 1.69. The lowest BCUT2D eigenvalue weighted by molar-refractivity contribution is 0.449. The molecule has 1 aromatic heterocycles. The van der Waals surface area contributed by atoms with Crippen LogP contribution in [0.1, 0.15) is 0 Å². The molecule has 21 heavy (non-hydrogen) atoms. The number of nitrogens with zero attached hydrogens (tertiary/aromatic N) is 1. The number of ether oxygens (including phenoxy) is 2. The lowest BCUT2D eigenvalue weighted by atomic mass is 10.3. The van der Waals surface area contributed by atoms with Crippen LogP contribution in [0, 0.1) is 0 Å². The summed E-state index contributed by atoms with van der Waals surface area (Å²) in [5, 5.41) is 0. The fourth-order valence-corrected chi connectivity index (χ4v) is 2.17. The third kappa shape index (κ3) is 3.83. The predicted octanol–water partition coefficient (Wildman–Crippen LogP) is 5.43. The SMILES string of the molecule is Brc1cccc(Oc2cccc(Oc3ccccn3)c2)c1. The Balaban J connectivity index is 1.77. The second-order valence-corrected chi connectivity index (χ2v) is 5.22. The Kier molecular flexibility index (Phi) is 4.17. The van der Waals surface area contributed by atoms with Crippen molar-refractivity contribution in [1.29, 1.82) is 0 Å². The first kappa shape index (κ1) is 13.6. The molecule has 0 saturated heterocycles. The van der Waals surface area contributed by atoms with E-state index < -0.39 is 0 Å². The molecule has 0 unspecified atom stereocenters. The number of halogens is 1. The molecule has 0 atom stereocenters. The van der Waals surface area contributed by atoms with Gasteiger partial charge >= 0.3 is 0 Å². The fourth-order valence-electron chi connectivity index (χ4n) is 1.80. The maximum Gasteiger partial charge on any atom is 0.219 e. The smallest absolute Gasteiger partial charge is 0.219 e. The molecule has 104 valence electrons. The molecule has 3 nitrogen and oxygen atoms in total. The Bertz CT molecular complexity index is 732. The van der Waals surface area contributed by atoms with Gasteiger partial charge < -0.3 is 9.47 Å². The van der Waals surface area contributed by atoms with E-state index in [0.29, 0.717) is 17.4 Å². The van der Waals surface area contributed by atoms with Crippen LogP contribution in [0.25, 0.3) is 0 Å². The molecule has 0 N–H and O–H groups in total. The van der Waals surface area contributed by atoms with Gasteiger partial charge in [0.15, 0.2) is 0 Å². The van der Waals surface area contributed by atoms with Crippen LogP contribution >= 0.6 is 15.9 Å². The normalized spacial score (nSPS) is 10.1. The van der Waals surface area contributed by atoms with Crippen molar-refractivity contribution < 1.29 is 9.47 Å². The van der Waals surface area contributed by atoms with Gasteiger partial charge in [-0.15, -0.1) is 0 Å². The molecule has 1 heterocycles. The van der Waals surface area contributed by atoms with Gasteiger partial charge in [-0.3, -0.25) is 0 Å². The summed E-state index contributed by atoms with van der Waals surface area (Å²) in [6.45, 7) is 0. The van der Waals surface area contributed by atoms with Gasteiger partial charge in [-0.05, 0) is 36.4 Å². The van der Waals surface area contributed by atoms with Crippen molar-refractivity contribution in [2.45, 2.75) is 0 Å². The highest BCUT2D eigenvalue weighted by atomic mass is 79.9. The molecule has 0 saturated carbocycles. The van der Waals surface area contributed by atoms with Gasteiger partial charge in [0.25, 0.3) is 0 Å². The zero-order valence-electron chi connectivity index (χ0n) is 11.1. The van der Waals surface area contributed by atoms with E-state index in [1.54, 1.807) is 6.20 Å². The Morgan fingerprint density at radius 2 is 1.43 bits per heavy atom. The molecule has 0 spiro atoms. The van der Waals surface area contributed by atoms with Crippen molar-refractivity contribution in [2.75, 3.05) is 0 Å². The maximum atomic E-state index is 5.81. The number of rotatable bonds is 4. The van der Waals surface area contributed by atoms with Gasteiger partial charge in [0.2, 0.25) is 5.88 Å². The summed E-state index contributed by atoms with van der Waals surface area (Å²) in [4.78, 5) is 4.13. The summed E-state index contributed by atoms with van der Waals surface area (Å²) < 4.78 is 12.5. The van der Waals surface area contributed by atoms with E-state index in [1.807, 2.05) is 66.7 Å². The highest BCUT2D eigenvalue weighted by Crippen LogP contribution is 2.28. The van der Waals surface area contributed by atoms with Crippen molar-refractivity contribution in [1.82, 2.24) is 4.98 Å². The average Bonchev–Trinajstić information content (AvgIpc) is 2.49. The molecule has 0 aliphatic carbocycles. The van der Waals surface area contributed by atoms with Crippen LogP contribution in [0.15, 0.2) is 77.4 Å². The maximum absolute atomic E-state index is 5.81.